The van der Waals surface area contributed by atoms with Crippen molar-refractivity contribution in [3.8, 4) is 0 Å². The molecule has 0 fully saturated rings. The summed E-state index contributed by atoms with van der Waals surface area (Å²) < 4.78 is 36.6. The van der Waals surface area contributed by atoms with Gasteiger partial charge in [0, 0.05) is 11.1 Å². The summed E-state index contributed by atoms with van der Waals surface area (Å²) in [5, 5.41) is 0.602. The van der Waals surface area contributed by atoms with Gasteiger partial charge in [0.2, 0.25) is 0 Å². The summed E-state index contributed by atoms with van der Waals surface area (Å²) >= 11 is 0. The van der Waals surface area contributed by atoms with Crippen LogP contribution in [0.4, 0.5) is 0 Å². The van der Waals surface area contributed by atoms with Gasteiger partial charge in [-0.3, -0.25) is 4.18 Å². The fraction of sp³-hybridized carbons (Fsp3) is 0.385. The lowest BCUT2D eigenvalue weighted by Crippen LogP contribution is -2.30. The van der Waals surface area contributed by atoms with Crippen molar-refractivity contribution in [3.63, 3.8) is 0 Å². The molecule has 0 amide bonds. The third-order valence-corrected chi connectivity index (χ3v) is 2.87. The van der Waals surface area contributed by atoms with Crippen molar-refractivity contribution >= 4 is 22.1 Å². The van der Waals surface area contributed by atoms with Crippen molar-refractivity contribution in [2.75, 3.05) is 13.2 Å². The minimum Gasteiger partial charge on any atom is -0.458 e. The number of esters is 2. The molecule has 21 heavy (non-hydrogen) atoms. The molecule has 8 heteroatoms. The Kier molecular flexibility index (Phi) is 7.61. The van der Waals surface area contributed by atoms with E-state index in [4.69, 9.17) is 9.47 Å². The van der Waals surface area contributed by atoms with Crippen LogP contribution in [0.5, 0.6) is 0 Å². The first-order chi connectivity index (χ1) is 9.59. The van der Waals surface area contributed by atoms with Crippen LogP contribution in [0, 0.1) is 0 Å². The number of rotatable bonds is 9. The number of ether oxygens (including phenoxy) is 2. The van der Waals surface area contributed by atoms with Crippen LogP contribution in [0.1, 0.15) is 13.8 Å². The van der Waals surface area contributed by atoms with Gasteiger partial charge < -0.3 is 9.47 Å². The topological polar surface area (TPSA) is 96.0 Å². The molecule has 0 N–H and O–H groups in total. The third-order valence-electron chi connectivity index (χ3n) is 1.99. The zero-order valence-electron chi connectivity index (χ0n) is 12.0. The van der Waals surface area contributed by atoms with Crippen molar-refractivity contribution < 1.29 is 31.7 Å². The highest BCUT2D eigenvalue weighted by Gasteiger charge is 2.20. The molecule has 7 nitrogen and oxygen atoms in total. The van der Waals surface area contributed by atoms with E-state index < -0.39 is 34.8 Å². The van der Waals surface area contributed by atoms with Gasteiger partial charge in [-0.2, -0.15) is 8.42 Å². The highest BCUT2D eigenvalue weighted by atomic mass is 32.2. The van der Waals surface area contributed by atoms with E-state index in [1.807, 2.05) is 0 Å². The Hall–Kier alpha value is -1.93. The maximum Gasteiger partial charge on any atom is 0.333 e. The smallest absolute Gasteiger partial charge is 0.333 e. The number of carbonyl (C=O) groups excluding carboxylic acids is 2. The molecule has 0 bridgehead atoms. The molecule has 0 rings (SSSR count). The first-order valence-electron chi connectivity index (χ1n) is 5.80. The summed E-state index contributed by atoms with van der Waals surface area (Å²) in [6.45, 7) is 11.8. The van der Waals surface area contributed by atoms with Gasteiger partial charge in [0.05, 0.1) is 5.41 Å². The molecule has 0 spiro atoms. The zero-order valence-corrected chi connectivity index (χ0v) is 12.8. The Morgan fingerprint density at radius 3 is 2.05 bits per heavy atom. The van der Waals surface area contributed by atoms with Crippen LogP contribution >= 0.6 is 0 Å². The van der Waals surface area contributed by atoms with Gasteiger partial charge in [-0.25, -0.2) is 9.59 Å². The molecular weight excluding hydrogens is 300 g/mol. The molecule has 0 aromatic carbocycles. The van der Waals surface area contributed by atoms with Gasteiger partial charge in [-0.1, -0.05) is 19.7 Å². The molecule has 0 aliphatic heterocycles. The lowest BCUT2D eigenvalue weighted by atomic mass is 10.3. The van der Waals surface area contributed by atoms with Crippen LogP contribution < -0.4 is 0 Å². The molecule has 1 unspecified atom stereocenters. The SMILES string of the molecule is C=CS(=O)(=O)OCC(COC(=O)C(=C)C)OC(=O)C(=C)C. The zero-order chi connectivity index (χ0) is 16.6. The number of carbonyl (C=O) groups is 2. The highest BCUT2D eigenvalue weighted by Crippen LogP contribution is 2.05. The fourth-order valence-corrected chi connectivity index (χ4v) is 1.32. The van der Waals surface area contributed by atoms with E-state index >= 15 is 0 Å². The second-order valence-electron chi connectivity index (χ2n) is 4.13. The number of hydrogen-bond donors (Lipinski definition) is 0. The van der Waals surface area contributed by atoms with Crippen LogP contribution in [-0.4, -0.2) is 39.7 Å². The summed E-state index contributed by atoms with van der Waals surface area (Å²) in [6.07, 6.45) is -1.10. The quantitative estimate of drug-likeness (QED) is 0.356. The molecule has 118 valence electrons. The van der Waals surface area contributed by atoms with Crippen LogP contribution in [0.2, 0.25) is 0 Å². The van der Waals surface area contributed by atoms with Gasteiger partial charge in [0.15, 0.2) is 6.10 Å². The van der Waals surface area contributed by atoms with E-state index in [2.05, 4.69) is 23.9 Å². The van der Waals surface area contributed by atoms with E-state index in [-0.39, 0.29) is 17.8 Å². The van der Waals surface area contributed by atoms with Gasteiger partial charge in [-0.15, -0.1) is 0 Å². The molecule has 0 saturated carbocycles. The predicted octanol–water partition coefficient (Wildman–Crippen LogP) is 1.08. The predicted molar refractivity (Wildman–Crippen MR) is 75.5 cm³/mol. The van der Waals surface area contributed by atoms with Crippen molar-refractivity contribution in [2.45, 2.75) is 20.0 Å². The Bertz CT molecular complexity index is 545. The van der Waals surface area contributed by atoms with E-state index in [1.54, 1.807) is 0 Å². The van der Waals surface area contributed by atoms with Crippen LogP contribution in [0.15, 0.2) is 36.3 Å². The molecule has 0 aliphatic carbocycles. The summed E-state index contributed by atoms with van der Waals surface area (Å²) in [6, 6.07) is 0. The second kappa shape index (κ2) is 8.38. The maximum absolute atomic E-state index is 11.4. The average molecular weight is 318 g/mol. The van der Waals surface area contributed by atoms with Gasteiger partial charge in [-0.05, 0) is 13.8 Å². The first kappa shape index (κ1) is 19.1. The lowest BCUT2D eigenvalue weighted by molar-refractivity contribution is -0.155. The molecule has 1 atom stereocenters. The van der Waals surface area contributed by atoms with E-state index in [9.17, 15) is 18.0 Å². The van der Waals surface area contributed by atoms with Crippen LogP contribution in [0.25, 0.3) is 0 Å². The van der Waals surface area contributed by atoms with Crippen molar-refractivity contribution in [2.24, 2.45) is 0 Å². The second-order valence-corrected chi connectivity index (χ2v) is 5.69. The van der Waals surface area contributed by atoms with Crippen molar-refractivity contribution in [1.29, 1.82) is 0 Å². The monoisotopic (exact) mass is 318 g/mol. The summed E-state index contributed by atoms with van der Waals surface area (Å²) in [4.78, 5) is 22.7. The van der Waals surface area contributed by atoms with E-state index in [1.165, 1.54) is 13.8 Å². The first-order valence-corrected chi connectivity index (χ1v) is 7.27. The largest absolute Gasteiger partial charge is 0.458 e. The minimum atomic E-state index is -3.93. The van der Waals surface area contributed by atoms with E-state index in [0.717, 1.165) is 0 Å². The average Bonchev–Trinajstić information content (AvgIpc) is 2.40. The Morgan fingerprint density at radius 1 is 1.10 bits per heavy atom. The molecule has 0 aromatic rings. The molecule has 0 aliphatic rings. The highest BCUT2D eigenvalue weighted by molar-refractivity contribution is 7.89. The Labute approximate surface area is 124 Å². The van der Waals surface area contributed by atoms with Crippen LogP contribution in [0.3, 0.4) is 0 Å². The molecule has 0 aromatic heterocycles. The molecule has 0 radical (unpaired) electrons. The molecule has 0 heterocycles. The summed E-state index contributed by atoms with van der Waals surface area (Å²) in [5.41, 5.74) is 0.261. The minimum absolute atomic E-state index is 0.109. The Balaban J connectivity index is 4.72. The van der Waals surface area contributed by atoms with Gasteiger partial charge in [0.25, 0.3) is 10.1 Å². The normalized spacial score (nSPS) is 12.1. The molecule has 0 saturated heterocycles. The molecular formula is C13H18O7S. The van der Waals surface area contributed by atoms with Crippen LogP contribution in [-0.2, 0) is 33.4 Å². The van der Waals surface area contributed by atoms with Crippen molar-refractivity contribution in [3.05, 3.63) is 36.3 Å². The fourth-order valence-electron chi connectivity index (χ4n) is 0.879. The third kappa shape index (κ3) is 8.05. The summed E-state index contributed by atoms with van der Waals surface area (Å²) in [5.74, 6) is -1.45. The lowest BCUT2D eigenvalue weighted by Gasteiger charge is -2.17. The Morgan fingerprint density at radius 2 is 1.62 bits per heavy atom. The van der Waals surface area contributed by atoms with Crippen molar-refractivity contribution in [1.82, 2.24) is 0 Å². The van der Waals surface area contributed by atoms with E-state index in [0.29, 0.717) is 5.41 Å². The van der Waals surface area contributed by atoms with Gasteiger partial charge >= 0.3 is 11.9 Å². The van der Waals surface area contributed by atoms with Gasteiger partial charge in [0.1, 0.15) is 13.2 Å². The number of hydrogen-bond acceptors (Lipinski definition) is 7. The summed E-state index contributed by atoms with van der Waals surface area (Å²) in [7, 11) is -3.93. The standard InChI is InChI=1S/C13H18O7S/c1-6-21(16,17)19-8-11(20-13(15)10(4)5)7-18-12(14)9(2)3/h6,11H,1-2,4,7-8H2,3,5H3. The maximum atomic E-state index is 11.4.